The molecule has 0 aliphatic carbocycles. The SMILES string of the molecule is CCNC(=NCCCC(=O)N1CCc2ccccc21)NCCc1ccccc1OC.I. The Morgan fingerprint density at radius 3 is 2.71 bits per heavy atom. The molecule has 1 heterocycles. The molecule has 7 heteroatoms. The molecule has 0 atom stereocenters. The summed E-state index contributed by atoms with van der Waals surface area (Å²) in [6.45, 7) is 5.01. The third-order valence-electron chi connectivity index (χ3n) is 5.23. The molecule has 2 N–H and O–H groups in total. The van der Waals surface area contributed by atoms with E-state index in [2.05, 4.69) is 27.8 Å². The van der Waals surface area contributed by atoms with E-state index < -0.39 is 0 Å². The van der Waals surface area contributed by atoms with E-state index in [-0.39, 0.29) is 29.9 Å². The Morgan fingerprint density at radius 1 is 1.13 bits per heavy atom. The molecule has 0 aromatic heterocycles. The number of amides is 1. The number of nitrogens with zero attached hydrogens (tertiary/aromatic N) is 2. The quantitative estimate of drug-likeness (QED) is 0.222. The largest absolute Gasteiger partial charge is 0.496 e. The Bertz CT molecular complexity index is 872. The van der Waals surface area contributed by atoms with E-state index in [4.69, 9.17) is 4.74 Å². The summed E-state index contributed by atoms with van der Waals surface area (Å²) in [6, 6.07) is 16.2. The van der Waals surface area contributed by atoms with Crippen LogP contribution in [0.2, 0.25) is 0 Å². The van der Waals surface area contributed by atoms with Crippen molar-refractivity contribution in [2.75, 3.05) is 38.2 Å². The number of aliphatic imine (C=N–C) groups is 1. The molecule has 0 saturated heterocycles. The molecule has 1 aliphatic heterocycles. The van der Waals surface area contributed by atoms with Crippen LogP contribution < -0.4 is 20.3 Å². The summed E-state index contributed by atoms with van der Waals surface area (Å²) in [5.41, 5.74) is 3.50. The average Bonchev–Trinajstić information content (AvgIpc) is 3.21. The molecule has 1 amide bonds. The van der Waals surface area contributed by atoms with Crippen molar-refractivity contribution in [3.63, 3.8) is 0 Å². The predicted molar refractivity (Wildman–Crippen MR) is 138 cm³/mol. The van der Waals surface area contributed by atoms with Gasteiger partial charge in [-0.3, -0.25) is 9.79 Å². The minimum atomic E-state index is 0. The van der Waals surface area contributed by atoms with Crippen molar-refractivity contribution in [2.24, 2.45) is 4.99 Å². The zero-order valence-corrected chi connectivity index (χ0v) is 20.7. The standard InChI is InChI=1S/C24H32N4O2.HI/c1-3-25-24(27-17-14-20-10-5-7-12-22(20)30-2)26-16-8-13-23(29)28-18-15-19-9-4-6-11-21(19)28;/h4-7,9-12H,3,8,13-18H2,1-2H3,(H2,25,26,27);1H. The second-order valence-corrected chi connectivity index (χ2v) is 7.28. The van der Waals surface area contributed by atoms with Gasteiger partial charge in [-0.2, -0.15) is 0 Å². The molecule has 2 aromatic rings. The summed E-state index contributed by atoms with van der Waals surface area (Å²) in [5.74, 6) is 1.87. The molecule has 0 fully saturated rings. The Balaban J connectivity index is 0.00000341. The van der Waals surface area contributed by atoms with Crippen molar-refractivity contribution in [1.29, 1.82) is 0 Å². The highest BCUT2D eigenvalue weighted by atomic mass is 127. The predicted octanol–water partition coefficient (Wildman–Crippen LogP) is 3.78. The second kappa shape index (κ2) is 13.2. The molecule has 0 radical (unpaired) electrons. The van der Waals surface area contributed by atoms with E-state index in [1.807, 2.05) is 48.2 Å². The van der Waals surface area contributed by atoms with Gasteiger partial charge in [-0.25, -0.2) is 0 Å². The number of fused-ring (bicyclic) bond motifs is 1. The second-order valence-electron chi connectivity index (χ2n) is 7.28. The van der Waals surface area contributed by atoms with Gasteiger partial charge in [0.05, 0.1) is 7.11 Å². The van der Waals surface area contributed by atoms with Crippen molar-refractivity contribution in [3.8, 4) is 5.75 Å². The van der Waals surface area contributed by atoms with Crippen LogP contribution in [0.5, 0.6) is 5.75 Å². The monoisotopic (exact) mass is 536 g/mol. The number of guanidine groups is 1. The van der Waals surface area contributed by atoms with Gasteiger partial charge in [-0.15, -0.1) is 24.0 Å². The summed E-state index contributed by atoms with van der Waals surface area (Å²) in [6.07, 6.45) is 3.04. The van der Waals surface area contributed by atoms with Crippen LogP contribution in [-0.4, -0.2) is 45.2 Å². The lowest BCUT2D eigenvalue weighted by Crippen LogP contribution is -2.38. The third kappa shape index (κ3) is 7.12. The van der Waals surface area contributed by atoms with E-state index in [0.717, 1.165) is 56.3 Å². The van der Waals surface area contributed by atoms with E-state index >= 15 is 0 Å². The lowest BCUT2D eigenvalue weighted by molar-refractivity contribution is -0.118. The number of nitrogens with one attached hydrogen (secondary N) is 2. The van der Waals surface area contributed by atoms with Crippen LogP contribution in [0.1, 0.15) is 30.9 Å². The first-order chi connectivity index (χ1) is 14.7. The molecule has 1 aliphatic rings. The molecule has 168 valence electrons. The number of anilines is 1. The summed E-state index contributed by atoms with van der Waals surface area (Å²) < 4.78 is 5.41. The number of methoxy groups -OCH3 is 1. The first-order valence-electron chi connectivity index (χ1n) is 10.7. The van der Waals surface area contributed by atoms with Gasteiger partial charge in [0.25, 0.3) is 0 Å². The van der Waals surface area contributed by atoms with Gasteiger partial charge in [0.15, 0.2) is 5.96 Å². The fourth-order valence-corrected chi connectivity index (χ4v) is 3.72. The molecule has 3 rings (SSSR count). The van der Waals surface area contributed by atoms with Crippen molar-refractivity contribution in [2.45, 2.75) is 32.6 Å². The molecule has 6 nitrogen and oxygen atoms in total. The normalized spacial score (nSPS) is 12.7. The number of para-hydroxylation sites is 2. The van der Waals surface area contributed by atoms with Crippen LogP contribution in [0.25, 0.3) is 0 Å². The number of hydrogen-bond donors (Lipinski definition) is 2. The third-order valence-corrected chi connectivity index (χ3v) is 5.23. The highest BCUT2D eigenvalue weighted by Crippen LogP contribution is 2.28. The van der Waals surface area contributed by atoms with Gasteiger partial charge >= 0.3 is 0 Å². The summed E-state index contributed by atoms with van der Waals surface area (Å²) in [5, 5.41) is 6.63. The summed E-state index contributed by atoms with van der Waals surface area (Å²) >= 11 is 0. The Morgan fingerprint density at radius 2 is 1.90 bits per heavy atom. The van der Waals surface area contributed by atoms with Crippen LogP contribution in [0, 0.1) is 0 Å². The number of halogens is 1. The number of hydrogen-bond acceptors (Lipinski definition) is 3. The molecule has 31 heavy (non-hydrogen) atoms. The minimum absolute atomic E-state index is 0. The summed E-state index contributed by atoms with van der Waals surface area (Å²) in [7, 11) is 1.69. The van der Waals surface area contributed by atoms with Crippen molar-refractivity contribution >= 4 is 41.5 Å². The number of benzene rings is 2. The lowest BCUT2D eigenvalue weighted by atomic mass is 10.1. The molecule has 0 bridgehead atoms. The van der Waals surface area contributed by atoms with Gasteiger partial charge in [-0.1, -0.05) is 36.4 Å². The van der Waals surface area contributed by atoms with Crippen LogP contribution in [0.3, 0.4) is 0 Å². The first kappa shape index (κ1) is 25.0. The van der Waals surface area contributed by atoms with E-state index in [1.54, 1.807) is 7.11 Å². The van der Waals surface area contributed by atoms with Crippen LogP contribution in [0.15, 0.2) is 53.5 Å². The van der Waals surface area contributed by atoms with Crippen molar-refractivity contribution in [1.82, 2.24) is 10.6 Å². The fourth-order valence-electron chi connectivity index (χ4n) is 3.72. The summed E-state index contributed by atoms with van der Waals surface area (Å²) in [4.78, 5) is 19.1. The fraction of sp³-hybridized carbons (Fsp3) is 0.417. The molecule has 2 aromatic carbocycles. The first-order valence-corrected chi connectivity index (χ1v) is 10.7. The molecular weight excluding hydrogens is 503 g/mol. The number of carbonyl (C=O) groups excluding carboxylic acids is 1. The highest BCUT2D eigenvalue weighted by Gasteiger charge is 2.23. The maximum absolute atomic E-state index is 12.6. The van der Waals surface area contributed by atoms with Crippen LogP contribution in [-0.2, 0) is 17.6 Å². The zero-order valence-electron chi connectivity index (χ0n) is 18.4. The van der Waals surface area contributed by atoms with Gasteiger partial charge in [0.2, 0.25) is 5.91 Å². The van der Waals surface area contributed by atoms with Crippen molar-refractivity contribution in [3.05, 3.63) is 59.7 Å². The highest BCUT2D eigenvalue weighted by molar-refractivity contribution is 14.0. The van der Waals surface area contributed by atoms with Crippen LogP contribution >= 0.6 is 24.0 Å². The molecule has 0 spiro atoms. The van der Waals surface area contributed by atoms with E-state index in [1.165, 1.54) is 11.1 Å². The Kier molecular flexibility index (Phi) is 10.6. The van der Waals surface area contributed by atoms with Crippen molar-refractivity contribution < 1.29 is 9.53 Å². The Labute approximate surface area is 202 Å². The zero-order chi connectivity index (χ0) is 21.2. The average molecular weight is 536 g/mol. The van der Waals surface area contributed by atoms with Gasteiger partial charge in [-0.05, 0) is 49.4 Å². The van der Waals surface area contributed by atoms with Gasteiger partial charge < -0.3 is 20.3 Å². The van der Waals surface area contributed by atoms with E-state index in [0.29, 0.717) is 13.0 Å². The molecular formula is C24H33IN4O2. The van der Waals surface area contributed by atoms with Gasteiger partial charge in [0.1, 0.15) is 5.75 Å². The smallest absolute Gasteiger partial charge is 0.227 e. The minimum Gasteiger partial charge on any atom is -0.496 e. The Hall–Kier alpha value is -2.29. The number of ether oxygens (including phenoxy) is 1. The lowest BCUT2D eigenvalue weighted by Gasteiger charge is -2.17. The van der Waals surface area contributed by atoms with Crippen LogP contribution in [0.4, 0.5) is 5.69 Å². The maximum atomic E-state index is 12.6. The molecule has 0 unspecified atom stereocenters. The topological polar surface area (TPSA) is 66.0 Å². The maximum Gasteiger partial charge on any atom is 0.227 e. The van der Waals surface area contributed by atoms with E-state index in [9.17, 15) is 4.79 Å². The molecule has 0 saturated carbocycles. The number of rotatable bonds is 9. The number of carbonyl (C=O) groups is 1. The van der Waals surface area contributed by atoms with Gasteiger partial charge in [0, 0.05) is 38.3 Å².